The van der Waals surface area contributed by atoms with Gasteiger partial charge < -0.3 is 9.88 Å². The van der Waals surface area contributed by atoms with Gasteiger partial charge in [0.05, 0.1) is 0 Å². The predicted molar refractivity (Wildman–Crippen MR) is 83.8 cm³/mol. The smallest absolute Gasteiger partial charge is 0.0498 e. The van der Waals surface area contributed by atoms with Crippen molar-refractivity contribution in [1.82, 2.24) is 9.88 Å². The summed E-state index contributed by atoms with van der Waals surface area (Å²) in [5.41, 5.74) is 2.92. The Morgan fingerprint density at radius 2 is 2.00 bits per heavy atom. The van der Waals surface area contributed by atoms with E-state index < -0.39 is 0 Å². The number of aryl methyl sites for hydroxylation is 1. The molecule has 1 heterocycles. The Morgan fingerprint density at radius 3 is 2.63 bits per heavy atom. The number of halogens is 1. The molecule has 0 saturated heterocycles. The molecule has 2 aromatic rings. The highest BCUT2D eigenvalue weighted by molar-refractivity contribution is 6.31. The predicted octanol–water partition coefficient (Wildman–Crippen LogP) is 4.45. The maximum atomic E-state index is 6.14. The first kappa shape index (κ1) is 14.4. The van der Waals surface area contributed by atoms with E-state index in [0.29, 0.717) is 5.41 Å². The largest absolute Gasteiger partial charge is 0.347 e. The summed E-state index contributed by atoms with van der Waals surface area (Å²) in [5, 5.41) is 5.33. The first-order valence-corrected chi connectivity index (χ1v) is 7.20. The second-order valence-corrected chi connectivity index (χ2v) is 6.79. The van der Waals surface area contributed by atoms with Crippen LogP contribution in [0, 0.1) is 5.41 Å². The van der Waals surface area contributed by atoms with Gasteiger partial charge in [0.2, 0.25) is 0 Å². The van der Waals surface area contributed by atoms with Crippen molar-refractivity contribution in [3.05, 3.63) is 35.0 Å². The summed E-state index contributed by atoms with van der Waals surface area (Å²) in [6.07, 6.45) is 3.41. The van der Waals surface area contributed by atoms with Crippen molar-refractivity contribution in [2.24, 2.45) is 5.41 Å². The molecule has 1 N–H and O–H groups in total. The molecule has 0 unspecified atom stereocenters. The lowest BCUT2D eigenvalue weighted by molar-refractivity contribution is 0.353. The Hall–Kier alpha value is -0.990. The number of hydrogen-bond acceptors (Lipinski definition) is 1. The molecule has 0 atom stereocenters. The molecule has 0 bridgehead atoms. The third kappa shape index (κ3) is 3.52. The van der Waals surface area contributed by atoms with Crippen molar-refractivity contribution in [2.45, 2.75) is 40.3 Å². The van der Waals surface area contributed by atoms with Gasteiger partial charge in [-0.15, -0.1) is 0 Å². The molecule has 0 saturated carbocycles. The van der Waals surface area contributed by atoms with Gasteiger partial charge >= 0.3 is 0 Å². The van der Waals surface area contributed by atoms with Crippen LogP contribution in [-0.2, 0) is 13.1 Å². The first-order valence-electron chi connectivity index (χ1n) is 6.82. The molecule has 0 radical (unpaired) electrons. The maximum absolute atomic E-state index is 6.14. The average Bonchev–Trinajstić information content (AvgIpc) is 2.64. The summed E-state index contributed by atoms with van der Waals surface area (Å²) in [4.78, 5) is 0. The second kappa shape index (κ2) is 5.56. The Balaban J connectivity index is 2.39. The number of hydrogen-bond donors (Lipinski definition) is 1. The van der Waals surface area contributed by atoms with Gasteiger partial charge in [0.1, 0.15) is 0 Å². The third-order valence-corrected chi connectivity index (χ3v) is 3.63. The van der Waals surface area contributed by atoms with Crippen LogP contribution in [0.5, 0.6) is 0 Å². The monoisotopic (exact) mass is 278 g/mol. The standard InChI is InChI=1S/C16H23ClN2/c1-16(2,3)7-8-19-11-12(10-18-4)14-6-5-13(17)9-15(14)19/h5-6,9,11,18H,7-8,10H2,1-4H3. The van der Waals surface area contributed by atoms with E-state index in [9.17, 15) is 0 Å². The number of aromatic nitrogens is 1. The van der Waals surface area contributed by atoms with E-state index >= 15 is 0 Å². The molecule has 0 amide bonds. The minimum absolute atomic E-state index is 0.346. The normalized spacial score (nSPS) is 12.3. The fourth-order valence-corrected chi connectivity index (χ4v) is 2.48. The van der Waals surface area contributed by atoms with Crippen LogP contribution in [0.15, 0.2) is 24.4 Å². The van der Waals surface area contributed by atoms with Crippen molar-refractivity contribution in [3.63, 3.8) is 0 Å². The van der Waals surface area contributed by atoms with Gasteiger partial charge in [-0.25, -0.2) is 0 Å². The Labute approximate surface area is 120 Å². The van der Waals surface area contributed by atoms with Crippen LogP contribution in [0.1, 0.15) is 32.8 Å². The van der Waals surface area contributed by atoms with Crippen molar-refractivity contribution in [3.8, 4) is 0 Å². The second-order valence-electron chi connectivity index (χ2n) is 6.35. The number of benzene rings is 1. The van der Waals surface area contributed by atoms with Crippen LogP contribution >= 0.6 is 11.6 Å². The van der Waals surface area contributed by atoms with Crippen LogP contribution in [0.25, 0.3) is 10.9 Å². The molecule has 104 valence electrons. The van der Waals surface area contributed by atoms with Crippen molar-refractivity contribution < 1.29 is 0 Å². The quantitative estimate of drug-likeness (QED) is 0.874. The number of fused-ring (bicyclic) bond motifs is 1. The van der Waals surface area contributed by atoms with Crippen LogP contribution in [0.3, 0.4) is 0 Å². The van der Waals surface area contributed by atoms with Gasteiger partial charge in [0.15, 0.2) is 0 Å². The average molecular weight is 279 g/mol. The van der Waals surface area contributed by atoms with E-state index in [-0.39, 0.29) is 0 Å². The topological polar surface area (TPSA) is 17.0 Å². The van der Waals surface area contributed by atoms with E-state index in [2.05, 4.69) is 49.0 Å². The van der Waals surface area contributed by atoms with Crippen LogP contribution in [-0.4, -0.2) is 11.6 Å². The third-order valence-electron chi connectivity index (χ3n) is 3.40. The Bertz CT molecular complexity index is 564. The van der Waals surface area contributed by atoms with Gasteiger partial charge in [0, 0.05) is 35.2 Å². The van der Waals surface area contributed by atoms with E-state index in [1.165, 1.54) is 16.5 Å². The molecule has 0 aliphatic heterocycles. The molecule has 1 aromatic carbocycles. The van der Waals surface area contributed by atoms with E-state index in [0.717, 1.165) is 24.5 Å². The summed E-state index contributed by atoms with van der Waals surface area (Å²) >= 11 is 6.14. The first-order chi connectivity index (χ1) is 8.90. The molecule has 0 aliphatic carbocycles. The molecule has 2 rings (SSSR count). The highest BCUT2D eigenvalue weighted by atomic mass is 35.5. The molecular weight excluding hydrogens is 256 g/mol. The minimum Gasteiger partial charge on any atom is -0.347 e. The maximum Gasteiger partial charge on any atom is 0.0498 e. The van der Waals surface area contributed by atoms with E-state index in [1.807, 2.05) is 13.1 Å². The fraction of sp³-hybridized carbons (Fsp3) is 0.500. The van der Waals surface area contributed by atoms with Gasteiger partial charge in [-0.05, 0) is 36.6 Å². The molecular formula is C16H23ClN2. The van der Waals surface area contributed by atoms with Gasteiger partial charge in [-0.1, -0.05) is 38.4 Å². The Morgan fingerprint density at radius 1 is 1.26 bits per heavy atom. The summed E-state index contributed by atoms with van der Waals surface area (Å²) in [6, 6.07) is 6.16. The zero-order valence-corrected chi connectivity index (χ0v) is 13.0. The van der Waals surface area contributed by atoms with Crippen LogP contribution in [0.4, 0.5) is 0 Å². The minimum atomic E-state index is 0.346. The van der Waals surface area contributed by atoms with Gasteiger partial charge in [-0.2, -0.15) is 0 Å². The molecule has 0 fully saturated rings. The lowest BCUT2D eigenvalue weighted by Gasteiger charge is -2.18. The van der Waals surface area contributed by atoms with Crippen molar-refractivity contribution in [2.75, 3.05) is 7.05 Å². The van der Waals surface area contributed by atoms with Gasteiger partial charge in [0.25, 0.3) is 0 Å². The Kier molecular flexibility index (Phi) is 4.22. The zero-order valence-electron chi connectivity index (χ0n) is 12.3. The van der Waals surface area contributed by atoms with Gasteiger partial charge in [-0.3, -0.25) is 0 Å². The highest BCUT2D eigenvalue weighted by Crippen LogP contribution is 2.27. The molecule has 1 aromatic heterocycles. The lowest BCUT2D eigenvalue weighted by atomic mass is 9.92. The number of rotatable bonds is 4. The molecule has 3 heteroatoms. The molecule has 19 heavy (non-hydrogen) atoms. The SMILES string of the molecule is CNCc1cn(CCC(C)(C)C)c2cc(Cl)ccc12. The summed E-state index contributed by atoms with van der Waals surface area (Å²) in [6.45, 7) is 8.76. The van der Waals surface area contributed by atoms with Crippen LogP contribution < -0.4 is 5.32 Å². The number of nitrogens with one attached hydrogen (secondary N) is 1. The fourth-order valence-electron chi connectivity index (χ4n) is 2.31. The van der Waals surface area contributed by atoms with E-state index in [4.69, 9.17) is 11.6 Å². The lowest BCUT2D eigenvalue weighted by Crippen LogP contribution is -2.10. The summed E-state index contributed by atoms with van der Waals surface area (Å²) in [7, 11) is 1.98. The highest BCUT2D eigenvalue weighted by Gasteiger charge is 2.13. The molecule has 2 nitrogen and oxygen atoms in total. The molecule has 0 aliphatic rings. The van der Waals surface area contributed by atoms with Crippen LogP contribution in [0.2, 0.25) is 5.02 Å². The van der Waals surface area contributed by atoms with Crippen molar-refractivity contribution in [1.29, 1.82) is 0 Å². The molecule has 0 spiro atoms. The van der Waals surface area contributed by atoms with E-state index in [1.54, 1.807) is 0 Å². The summed E-state index contributed by atoms with van der Waals surface area (Å²) in [5.74, 6) is 0. The zero-order chi connectivity index (χ0) is 14.0. The van der Waals surface area contributed by atoms with Crippen molar-refractivity contribution >= 4 is 22.5 Å². The number of nitrogens with zero attached hydrogens (tertiary/aromatic N) is 1. The summed E-state index contributed by atoms with van der Waals surface area (Å²) < 4.78 is 2.33.